The predicted octanol–water partition coefficient (Wildman–Crippen LogP) is 2.47. The van der Waals surface area contributed by atoms with Crippen LogP contribution < -0.4 is 15.8 Å². The fraction of sp³-hybridized carbons (Fsp3) is 0.125. The summed E-state index contributed by atoms with van der Waals surface area (Å²) in [5.41, 5.74) is 8.29. The zero-order valence-corrected chi connectivity index (χ0v) is 11.6. The van der Waals surface area contributed by atoms with E-state index in [2.05, 4.69) is 5.32 Å². The third-order valence-electron chi connectivity index (χ3n) is 2.90. The third kappa shape index (κ3) is 3.74. The number of anilines is 2. The standard InChI is InChI=1S/C16H15N3O2/c1-11-4-2-7-14(18)16(11)19-15(20)10-21-13-6-3-5-12(8-13)9-17/h2-8H,10,18H2,1H3,(H,19,20). The van der Waals surface area contributed by atoms with Gasteiger partial charge in [-0.25, -0.2) is 0 Å². The SMILES string of the molecule is Cc1cccc(N)c1NC(=O)COc1cccc(C#N)c1. The zero-order chi connectivity index (χ0) is 15.2. The van der Waals surface area contributed by atoms with E-state index in [9.17, 15) is 4.79 Å². The van der Waals surface area contributed by atoms with Gasteiger partial charge in [-0.2, -0.15) is 5.26 Å². The maximum absolute atomic E-state index is 11.9. The lowest BCUT2D eigenvalue weighted by Gasteiger charge is -2.11. The third-order valence-corrected chi connectivity index (χ3v) is 2.90. The molecule has 0 bridgehead atoms. The highest BCUT2D eigenvalue weighted by Crippen LogP contribution is 2.22. The molecule has 0 aliphatic rings. The number of ether oxygens (including phenoxy) is 1. The molecule has 5 heteroatoms. The van der Waals surface area contributed by atoms with Crippen LogP contribution in [0, 0.1) is 18.3 Å². The molecule has 0 aromatic heterocycles. The van der Waals surface area contributed by atoms with Gasteiger partial charge in [0.05, 0.1) is 23.0 Å². The number of nitrogens with zero attached hydrogens (tertiary/aromatic N) is 1. The van der Waals surface area contributed by atoms with E-state index in [4.69, 9.17) is 15.7 Å². The van der Waals surface area contributed by atoms with Crippen LogP contribution in [-0.2, 0) is 4.79 Å². The molecule has 3 N–H and O–H groups in total. The summed E-state index contributed by atoms with van der Waals surface area (Å²) >= 11 is 0. The Kier molecular flexibility index (Phi) is 4.42. The molecule has 5 nitrogen and oxygen atoms in total. The second kappa shape index (κ2) is 6.44. The molecule has 0 spiro atoms. The van der Waals surface area contributed by atoms with Gasteiger partial charge in [-0.3, -0.25) is 4.79 Å². The van der Waals surface area contributed by atoms with Gasteiger partial charge in [0.25, 0.3) is 5.91 Å². The Bertz CT molecular complexity index is 685. The fourth-order valence-corrected chi connectivity index (χ4v) is 1.84. The number of nitrogens with two attached hydrogens (primary N) is 1. The summed E-state index contributed by atoms with van der Waals surface area (Å²) < 4.78 is 5.36. The van der Waals surface area contributed by atoms with Gasteiger partial charge in [-0.1, -0.05) is 18.2 Å². The lowest BCUT2D eigenvalue weighted by molar-refractivity contribution is -0.118. The second-order valence-corrected chi connectivity index (χ2v) is 4.52. The molecular formula is C16H15N3O2. The smallest absolute Gasteiger partial charge is 0.262 e. The maximum Gasteiger partial charge on any atom is 0.262 e. The van der Waals surface area contributed by atoms with Gasteiger partial charge in [0.1, 0.15) is 5.75 Å². The number of carbonyl (C=O) groups is 1. The topological polar surface area (TPSA) is 88.1 Å². The van der Waals surface area contributed by atoms with Crippen molar-refractivity contribution in [3.05, 3.63) is 53.6 Å². The number of nitrogen functional groups attached to an aromatic ring is 1. The monoisotopic (exact) mass is 281 g/mol. The number of aryl methyl sites for hydroxylation is 1. The highest BCUT2D eigenvalue weighted by molar-refractivity contribution is 5.95. The molecular weight excluding hydrogens is 266 g/mol. The summed E-state index contributed by atoms with van der Waals surface area (Å²) in [6.07, 6.45) is 0. The first-order valence-corrected chi connectivity index (χ1v) is 6.38. The van der Waals surface area contributed by atoms with Gasteiger partial charge in [0.15, 0.2) is 6.61 Å². The van der Waals surface area contributed by atoms with E-state index < -0.39 is 0 Å². The van der Waals surface area contributed by atoms with Crippen molar-refractivity contribution in [2.24, 2.45) is 0 Å². The minimum atomic E-state index is -0.307. The Labute approximate surface area is 123 Å². The van der Waals surface area contributed by atoms with Gasteiger partial charge < -0.3 is 15.8 Å². The molecule has 0 heterocycles. The minimum absolute atomic E-state index is 0.150. The van der Waals surface area contributed by atoms with Crippen molar-refractivity contribution in [3.8, 4) is 11.8 Å². The first-order valence-electron chi connectivity index (χ1n) is 6.38. The zero-order valence-electron chi connectivity index (χ0n) is 11.6. The molecule has 2 rings (SSSR count). The first kappa shape index (κ1) is 14.4. The molecule has 21 heavy (non-hydrogen) atoms. The van der Waals surface area contributed by atoms with Crippen LogP contribution in [0.1, 0.15) is 11.1 Å². The molecule has 0 radical (unpaired) electrons. The number of hydrogen-bond acceptors (Lipinski definition) is 4. The highest BCUT2D eigenvalue weighted by Gasteiger charge is 2.08. The number of carbonyl (C=O) groups excluding carboxylic acids is 1. The average molecular weight is 281 g/mol. The van der Waals surface area contributed by atoms with E-state index in [-0.39, 0.29) is 12.5 Å². The van der Waals surface area contributed by atoms with Crippen molar-refractivity contribution in [1.29, 1.82) is 5.26 Å². The van der Waals surface area contributed by atoms with Crippen molar-refractivity contribution in [2.45, 2.75) is 6.92 Å². The van der Waals surface area contributed by atoms with Crippen molar-refractivity contribution in [2.75, 3.05) is 17.7 Å². The Morgan fingerprint density at radius 3 is 2.81 bits per heavy atom. The fourth-order valence-electron chi connectivity index (χ4n) is 1.84. The van der Waals surface area contributed by atoms with Crippen LogP contribution in [0.15, 0.2) is 42.5 Å². The quantitative estimate of drug-likeness (QED) is 0.843. The predicted molar refractivity (Wildman–Crippen MR) is 80.9 cm³/mol. The van der Waals surface area contributed by atoms with E-state index >= 15 is 0 Å². The van der Waals surface area contributed by atoms with E-state index in [1.165, 1.54) is 0 Å². The number of rotatable bonds is 4. The van der Waals surface area contributed by atoms with Crippen molar-refractivity contribution >= 4 is 17.3 Å². The van der Waals surface area contributed by atoms with Crippen LogP contribution in [-0.4, -0.2) is 12.5 Å². The Morgan fingerprint density at radius 2 is 2.10 bits per heavy atom. The average Bonchev–Trinajstić information content (AvgIpc) is 2.49. The normalized spacial score (nSPS) is 9.71. The molecule has 0 unspecified atom stereocenters. The molecule has 0 saturated carbocycles. The summed E-state index contributed by atoms with van der Waals surface area (Å²) in [5.74, 6) is 0.167. The summed E-state index contributed by atoms with van der Waals surface area (Å²) in [5, 5.41) is 11.5. The molecule has 2 aromatic carbocycles. The van der Waals surface area contributed by atoms with Crippen molar-refractivity contribution in [3.63, 3.8) is 0 Å². The number of nitrogens with one attached hydrogen (secondary N) is 1. The Balaban J connectivity index is 1.98. The maximum atomic E-state index is 11.9. The minimum Gasteiger partial charge on any atom is -0.484 e. The summed E-state index contributed by atoms with van der Waals surface area (Å²) in [7, 11) is 0. The number of para-hydroxylation sites is 1. The van der Waals surface area contributed by atoms with Crippen LogP contribution in [0.25, 0.3) is 0 Å². The van der Waals surface area contributed by atoms with Crippen molar-refractivity contribution in [1.82, 2.24) is 0 Å². The molecule has 0 atom stereocenters. The van der Waals surface area contributed by atoms with Gasteiger partial charge in [0, 0.05) is 0 Å². The number of amides is 1. The van der Waals surface area contributed by atoms with E-state index in [1.807, 2.05) is 25.1 Å². The first-order chi connectivity index (χ1) is 10.1. The lowest BCUT2D eigenvalue weighted by atomic mass is 10.1. The van der Waals surface area contributed by atoms with Crippen LogP contribution >= 0.6 is 0 Å². The number of benzene rings is 2. The van der Waals surface area contributed by atoms with Crippen molar-refractivity contribution < 1.29 is 9.53 Å². The van der Waals surface area contributed by atoms with Gasteiger partial charge in [-0.05, 0) is 36.8 Å². The van der Waals surface area contributed by atoms with Gasteiger partial charge in [-0.15, -0.1) is 0 Å². The largest absolute Gasteiger partial charge is 0.484 e. The summed E-state index contributed by atoms with van der Waals surface area (Å²) in [6.45, 7) is 1.71. The Morgan fingerprint density at radius 1 is 1.33 bits per heavy atom. The van der Waals surface area contributed by atoms with Gasteiger partial charge in [0.2, 0.25) is 0 Å². The molecule has 106 valence electrons. The van der Waals surface area contributed by atoms with Crippen LogP contribution in [0.2, 0.25) is 0 Å². The molecule has 2 aromatic rings. The molecule has 0 saturated heterocycles. The molecule has 0 fully saturated rings. The highest BCUT2D eigenvalue weighted by atomic mass is 16.5. The molecule has 1 amide bonds. The van der Waals surface area contributed by atoms with Gasteiger partial charge >= 0.3 is 0 Å². The number of hydrogen-bond donors (Lipinski definition) is 2. The van der Waals surface area contributed by atoms with E-state index in [0.717, 1.165) is 5.56 Å². The molecule has 0 aliphatic heterocycles. The summed E-state index contributed by atoms with van der Waals surface area (Å²) in [4.78, 5) is 11.9. The van der Waals surface area contributed by atoms with E-state index in [0.29, 0.717) is 22.7 Å². The molecule has 0 aliphatic carbocycles. The second-order valence-electron chi connectivity index (χ2n) is 4.52. The number of nitriles is 1. The summed E-state index contributed by atoms with van der Waals surface area (Å²) in [6, 6.07) is 14.1. The van der Waals surface area contributed by atoms with E-state index in [1.54, 1.807) is 30.3 Å². The lowest BCUT2D eigenvalue weighted by Crippen LogP contribution is -2.21. The van der Waals surface area contributed by atoms with Crippen LogP contribution in [0.4, 0.5) is 11.4 Å². The van der Waals surface area contributed by atoms with Crippen LogP contribution in [0.3, 0.4) is 0 Å². The Hall–Kier alpha value is -3.00. The van der Waals surface area contributed by atoms with Crippen LogP contribution in [0.5, 0.6) is 5.75 Å².